The van der Waals surface area contributed by atoms with E-state index in [-0.39, 0.29) is 0 Å². The number of nitrogens with zero attached hydrogens (tertiary/aromatic N) is 1. The van der Waals surface area contributed by atoms with E-state index in [1.807, 2.05) is 6.07 Å². The predicted octanol–water partition coefficient (Wildman–Crippen LogP) is 2.00. The van der Waals surface area contributed by atoms with E-state index >= 15 is 0 Å². The van der Waals surface area contributed by atoms with Crippen LogP contribution >= 0.6 is 0 Å². The molecule has 0 aliphatic rings. The van der Waals surface area contributed by atoms with Crippen molar-refractivity contribution in [2.75, 3.05) is 25.6 Å². The molecule has 0 bridgehead atoms. The average molecular weight is 224 g/mol. The number of unbranched alkanes of at least 4 members (excludes halogenated alkanes) is 1. The Bertz CT molecular complexity index is 292. The van der Waals surface area contributed by atoms with Gasteiger partial charge >= 0.3 is 0 Å². The molecule has 0 fully saturated rings. The summed E-state index contributed by atoms with van der Waals surface area (Å²) in [5.41, 5.74) is 7.19. The van der Waals surface area contributed by atoms with Gasteiger partial charge in [0.25, 0.3) is 0 Å². The van der Waals surface area contributed by atoms with Crippen molar-refractivity contribution in [3.8, 4) is 0 Å². The summed E-state index contributed by atoms with van der Waals surface area (Å²) in [6.45, 7) is 4.69. The number of rotatable bonds is 8. The van der Waals surface area contributed by atoms with Crippen molar-refractivity contribution in [1.29, 1.82) is 0 Å². The summed E-state index contributed by atoms with van der Waals surface area (Å²) < 4.78 is 10.8. The highest BCUT2D eigenvalue weighted by atomic mass is 16.5. The topological polar surface area (TPSA) is 57.4 Å². The lowest BCUT2D eigenvalue weighted by Crippen LogP contribution is -2.06. The summed E-state index contributed by atoms with van der Waals surface area (Å²) >= 11 is 0. The van der Waals surface area contributed by atoms with Gasteiger partial charge in [0, 0.05) is 18.5 Å². The lowest BCUT2D eigenvalue weighted by molar-refractivity contribution is 0.0386. The zero-order valence-corrected chi connectivity index (χ0v) is 9.82. The molecule has 0 saturated carbocycles. The molecule has 0 aromatic carbocycles. The second-order valence-electron chi connectivity index (χ2n) is 3.60. The molecule has 4 nitrogen and oxygen atoms in total. The molecule has 0 atom stereocenters. The molecule has 1 aromatic heterocycles. The highest BCUT2D eigenvalue weighted by Crippen LogP contribution is 2.03. The number of hydrogen-bond acceptors (Lipinski definition) is 4. The minimum atomic E-state index is 0.488. The van der Waals surface area contributed by atoms with Gasteiger partial charge in [-0.25, -0.2) is 0 Å². The van der Waals surface area contributed by atoms with Gasteiger partial charge in [0.2, 0.25) is 0 Å². The standard InChI is InChI=1S/C12H20N2O2/c1-2-3-6-15-7-8-16-10-12-9-11(13)4-5-14-12/h4-5,9H,2-3,6-8,10H2,1H3,(H2,13,14). The molecule has 2 N–H and O–H groups in total. The first kappa shape index (κ1) is 12.9. The van der Waals surface area contributed by atoms with Crippen LogP contribution in [0, 0.1) is 0 Å². The lowest BCUT2D eigenvalue weighted by Gasteiger charge is -2.05. The van der Waals surface area contributed by atoms with Crippen molar-refractivity contribution in [2.24, 2.45) is 0 Å². The van der Waals surface area contributed by atoms with E-state index in [1.54, 1.807) is 12.3 Å². The quantitative estimate of drug-likeness (QED) is 0.686. The highest BCUT2D eigenvalue weighted by molar-refractivity contribution is 5.36. The maximum absolute atomic E-state index is 5.62. The Morgan fingerprint density at radius 2 is 2.06 bits per heavy atom. The number of hydrogen-bond donors (Lipinski definition) is 1. The van der Waals surface area contributed by atoms with E-state index in [0.29, 0.717) is 25.5 Å². The molecule has 0 aliphatic carbocycles. The fourth-order valence-electron chi connectivity index (χ4n) is 1.22. The Kier molecular flexibility index (Phi) is 6.53. The SMILES string of the molecule is CCCCOCCOCc1cc(N)ccn1. The molecular weight excluding hydrogens is 204 g/mol. The molecule has 16 heavy (non-hydrogen) atoms. The predicted molar refractivity (Wildman–Crippen MR) is 64.0 cm³/mol. The van der Waals surface area contributed by atoms with Gasteiger partial charge in [-0.05, 0) is 18.6 Å². The Balaban J connectivity index is 2.03. The molecule has 0 unspecified atom stereocenters. The molecule has 0 saturated heterocycles. The van der Waals surface area contributed by atoms with Crippen molar-refractivity contribution in [3.63, 3.8) is 0 Å². The fourth-order valence-corrected chi connectivity index (χ4v) is 1.22. The highest BCUT2D eigenvalue weighted by Gasteiger charge is 1.95. The van der Waals surface area contributed by atoms with Crippen LogP contribution in [0.4, 0.5) is 5.69 Å². The summed E-state index contributed by atoms with van der Waals surface area (Å²) in [7, 11) is 0. The maximum Gasteiger partial charge on any atom is 0.0889 e. The molecule has 0 radical (unpaired) electrons. The Morgan fingerprint density at radius 1 is 1.25 bits per heavy atom. The Hall–Kier alpha value is -1.13. The smallest absolute Gasteiger partial charge is 0.0889 e. The summed E-state index contributed by atoms with van der Waals surface area (Å²) in [6, 6.07) is 3.58. The van der Waals surface area contributed by atoms with Crippen LogP contribution in [-0.4, -0.2) is 24.8 Å². The van der Waals surface area contributed by atoms with E-state index in [9.17, 15) is 0 Å². The first-order valence-electron chi connectivity index (χ1n) is 5.69. The van der Waals surface area contributed by atoms with Crippen molar-refractivity contribution in [3.05, 3.63) is 24.0 Å². The molecular formula is C12H20N2O2. The van der Waals surface area contributed by atoms with Gasteiger partial charge in [0.15, 0.2) is 0 Å². The zero-order valence-electron chi connectivity index (χ0n) is 9.82. The first-order chi connectivity index (χ1) is 7.83. The van der Waals surface area contributed by atoms with Gasteiger partial charge in [-0.2, -0.15) is 0 Å². The van der Waals surface area contributed by atoms with E-state index in [0.717, 1.165) is 25.1 Å². The van der Waals surface area contributed by atoms with Crippen molar-refractivity contribution in [1.82, 2.24) is 4.98 Å². The monoisotopic (exact) mass is 224 g/mol. The van der Waals surface area contributed by atoms with Gasteiger partial charge in [-0.1, -0.05) is 13.3 Å². The number of aromatic nitrogens is 1. The minimum absolute atomic E-state index is 0.488. The van der Waals surface area contributed by atoms with Gasteiger partial charge in [0.05, 0.1) is 25.5 Å². The van der Waals surface area contributed by atoms with E-state index in [4.69, 9.17) is 15.2 Å². The van der Waals surface area contributed by atoms with Crippen LogP contribution in [0.2, 0.25) is 0 Å². The van der Waals surface area contributed by atoms with Crippen LogP contribution < -0.4 is 5.73 Å². The maximum atomic E-state index is 5.62. The number of pyridine rings is 1. The second kappa shape index (κ2) is 8.07. The van der Waals surface area contributed by atoms with E-state index in [2.05, 4.69) is 11.9 Å². The van der Waals surface area contributed by atoms with Crippen molar-refractivity contribution >= 4 is 5.69 Å². The van der Waals surface area contributed by atoms with Crippen molar-refractivity contribution < 1.29 is 9.47 Å². The average Bonchev–Trinajstić information content (AvgIpc) is 2.28. The molecule has 1 heterocycles. The normalized spacial score (nSPS) is 10.6. The number of nitrogen functional groups attached to an aromatic ring is 1. The van der Waals surface area contributed by atoms with Gasteiger partial charge in [0.1, 0.15) is 0 Å². The summed E-state index contributed by atoms with van der Waals surface area (Å²) in [4.78, 5) is 4.14. The molecule has 0 aliphatic heterocycles. The molecule has 1 aromatic rings. The zero-order chi connectivity index (χ0) is 11.6. The van der Waals surface area contributed by atoms with Crippen LogP contribution in [0.1, 0.15) is 25.5 Å². The van der Waals surface area contributed by atoms with Crippen LogP contribution in [0.3, 0.4) is 0 Å². The van der Waals surface area contributed by atoms with Gasteiger partial charge in [-0.3, -0.25) is 4.98 Å². The summed E-state index contributed by atoms with van der Waals surface area (Å²) in [5.74, 6) is 0. The van der Waals surface area contributed by atoms with Crippen LogP contribution in [0.15, 0.2) is 18.3 Å². The number of nitrogens with two attached hydrogens (primary N) is 1. The Labute approximate surface area is 96.8 Å². The Morgan fingerprint density at radius 3 is 2.81 bits per heavy atom. The summed E-state index contributed by atoms with van der Waals surface area (Å²) in [6.07, 6.45) is 3.95. The minimum Gasteiger partial charge on any atom is -0.399 e. The van der Waals surface area contributed by atoms with Crippen LogP contribution in [0.5, 0.6) is 0 Å². The third-order valence-corrected chi connectivity index (χ3v) is 2.10. The van der Waals surface area contributed by atoms with Gasteiger partial charge in [-0.15, -0.1) is 0 Å². The summed E-state index contributed by atoms with van der Waals surface area (Å²) in [5, 5.41) is 0. The largest absolute Gasteiger partial charge is 0.399 e. The molecule has 4 heteroatoms. The molecule has 1 rings (SSSR count). The molecule has 0 amide bonds. The third-order valence-electron chi connectivity index (χ3n) is 2.10. The number of ether oxygens (including phenoxy) is 2. The molecule has 0 spiro atoms. The van der Waals surface area contributed by atoms with E-state index in [1.165, 1.54) is 0 Å². The fraction of sp³-hybridized carbons (Fsp3) is 0.583. The first-order valence-corrected chi connectivity index (χ1v) is 5.69. The van der Waals surface area contributed by atoms with Gasteiger partial charge < -0.3 is 15.2 Å². The molecule has 90 valence electrons. The van der Waals surface area contributed by atoms with Crippen LogP contribution in [0.25, 0.3) is 0 Å². The number of anilines is 1. The van der Waals surface area contributed by atoms with E-state index < -0.39 is 0 Å². The second-order valence-corrected chi connectivity index (χ2v) is 3.60. The van der Waals surface area contributed by atoms with Crippen molar-refractivity contribution in [2.45, 2.75) is 26.4 Å². The lowest BCUT2D eigenvalue weighted by atomic mass is 10.3. The van der Waals surface area contributed by atoms with Crippen LogP contribution in [-0.2, 0) is 16.1 Å². The third kappa shape index (κ3) is 5.68.